The first-order valence-corrected chi connectivity index (χ1v) is 7.73. The lowest BCUT2D eigenvalue weighted by Gasteiger charge is -2.32. The van der Waals surface area contributed by atoms with E-state index in [0.29, 0.717) is 18.4 Å². The molecule has 0 aliphatic carbocycles. The topological polar surface area (TPSA) is 41.6 Å². The third-order valence-corrected chi connectivity index (χ3v) is 4.01. The van der Waals surface area contributed by atoms with Gasteiger partial charge in [0.1, 0.15) is 5.75 Å². The Morgan fingerprint density at radius 2 is 2.24 bits per heavy atom. The Kier molecular flexibility index (Phi) is 5.62. The number of nitrogens with one attached hydrogen (secondary N) is 1. The van der Waals surface area contributed by atoms with E-state index in [9.17, 15) is 4.79 Å². The molecule has 21 heavy (non-hydrogen) atoms. The standard InChI is InChI=1S/C17H26N2O2/c1-13(10-15-6-4-5-7-16(15)21-3)11-17(20)19-9-8-18-14(2)12-19/h4-7,13-14,18H,8-12H2,1-3H3/t13-,14-/m1/s1. The minimum atomic E-state index is 0.269. The lowest BCUT2D eigenvalue weighted by atomic mass is 9.96. The number of hydrogen-bond donors (Lipinski definition) is 1. The number of methoxy groups -OCH3 is 1. The molecule has 1 saturated heterocycles. The van der Waals surface area contributed by atoms with Crippen molar-refractivity contribution in [1.29, 1.82) is 0 Å². The molecule has 1 aliphatic heterocycles. The van der Waals surface area contributed by atoms with E-state index in [1.807, 2.05) is 23.1 Å². The Balaban J connectivity index is 1.89. The molecule has 0 aromatic heterocycles. The fraction of sp³-hybridized carbons (Fsp3) is 0.588. The molecular weight excluding hydrogens is 264 g/mol. The van der Waals surface area contributed by atoms with Gasteiger partial charge in [-0.3, -0.25) is 4.79 Å². The van der Waals surface area contributed by atoms with Crippen LogP contribution >= 0.6 is 0 Å². The van der Waals surface area contributed by atoms with E-state index in [1.165, 1.54) is 5.56 Å². The van der Waals surface area contributed by atoms with Gasteiger partial charge in [0.25, 0.3) is 0 Å². The largest absolute Gasteiger partial charge is 0.496 e. The van der Waals surface area contributed by atoms with Gasteiger partial charge in [-0.05, 0) is 30.9 Å². The number of amides is 1. The lowest BCUT2D eigenvalue weighted by molar-refractivity contribution is -0.133. The molecule has 0 spiro atoms. The predicted molar refractivity (Wildman–Crippen MR) is 84.5 cm³/mol. The summed E-state index contributed by atoms with van der Waals surface area (Å²) >= 11 is 0. The normalized spacial score (nSPS) is 20.1. The molecule has 1 heterocycles. The SMILES string of the molecule is COc1ccccc1C[C@@H](C)CC(=O)N1CCN[C@H](C)C1. The summed E-state index contributed by atoms with van der Waals surface area (Å²) < 4.78 is 5.38. The molecule has 2 atom stereocenters. The number of ether oxygens (including phenoxy) is 1. The van der Waals surface area contributed by atoms with Crippen LogP contribution in [-0.2, 0) is 11.2 Å². The van der Waals surface area contributed by atoms with Gasteiger partial charge in [-0.25, -0.2) is 0 Å². The van der Waals surface area contributed by atoms with Gasteiger partial charge in [0.15, 0.2) is 0 Å². The van der Waals surface area contributed by atoms with Gasteiger partial charge < -0.3 is 15.0 Å². The van der Waals surface area contributed by atoms with Crippen molar-refractivity contribution < 1.29 is 9.53 Å². The first-order valence-electron chi connectivity index (χ1n) is 7.73. The maximum absolute atomic E-state index is 12.4. The maximum Gasteiger partial charge on any atom is 0.222 e. The highest BCUT2D eigenvalue weighted by molar-refractivity contribution is 5.76. The van der Waals surface area contributed by atoms with Crippen molar-refractivity contribution in [3.05, 3.63) is 29.8 Å². The quantitative estimate of drug-likeness (QED) is 0.903. The molecule has 0 bridgehead atoms. The van der Waals surface area contributed by atoms with Crippen LogP contribution in [0.3, 0.4) is 0 Å². The number of carbonyl (C=O) groups is 1. The van der Waals surface area contributed by atoms with E-state index in [-0.39, 0.29) is 5.91 Å². The lowest BCUT2D eigenvalue weighted by Crippen LogP contribution is -2.51. The van der Waals surface area contributed by atoms with Gasteiger partial charge in [0.05, 0.1) is 7.11 Å². The smallest absolute Gasteiger partial charge is 0.222 e. The molecule has 0 saturated carbocycles. The zero-order chi connectivity index (χ0) is 15.2. The van der Waals surface area contributed by atoms with Gasteiger partial charge in [0, 0.05) is 32.1 Å². The van der Waals surface area contributed by atoms with Crippen LogP contribution in [0.25, 0.3) is 0 Å². The Bertz CT molecular complexity index is 476. The van der Waals surface area contributed by atoms with Crippen LogP contribution in [0.1, 0.15) is 25.8 Å². The summed E-state index contributed by atoms with van der Waals surface area (Å²) in [6, 6.07) is 8.44. The Labute approximate surface area is 127 Å². The molecule has 1 aromatic rings. The van der Waals surface area contributed by atoms with Crippen molar-refractivity contribution in [2.45, 2.75) is 32.7 Å². The summed E-state index contributed by atoms with van der Waals surface area (Å²) in [6.07, 6.45) is 1.47. The van der Waals surface area contributed by atoms with E-state index in [4.69, 9.17) is 4.74 Å². The zero-order valence-corrected chi connectivity index (χ0v) is 13.3. The van der Waals surface area contributed by atoms with Crippen LogP contribution in [-0.4, -0.2) is 43.6 Å². The second-order valence-electron chi connectivity index (χ2n) is 6.02. The molecule has 1 aromatic carbocycles. The van der Waals surface area contributed by atoms with Crippen molar-refractivity contribution >= 4 is 5.91 Å². The van der Waals surface area contributed by atoms with Crippen LogP contribution in [0.4, 0.5) is 0 Å². The monoisotopic (exact) mass is 290 g/mol. The van der Waals surface area contributed by atoms with Crippen molar-refractivity contribution in [1.82, 2.24) is 10.2 Å². The van der Waals surface area contributed by atoms with Gasteiger partial charge in [-0.15, -0.1) is 0 Å². The van der Waals surface area contributed by atoms with Crippen LogP contribution < -0.4 is 10.1 Å². The molecule has 1 aliphatic rings. The Morgan fingerprint density at radius 1 is 1.48 bits per heavy atom. The van der Waals surface area contributed by atoms with Gasteiger partial charge >= 0.3 is 0 Å². The molecule has 1 N–H and O–H groups in total. The van der Waals surface area contributed by atoms with Gasteiger partial charge in [-0.1, -0.05) is 25.1 Å². The number of carbonyl (C=O) groups excluding carboxylic acids is 1. The van der Waals surface area contributed by atoms with E-state index in [2.05, 4.69) is 25.2 Å². The summed E-state index contributed by atoms with van der Waals surface area (Å²) in [5, 5.41) is 3.36. The highest BCUT2D eigenvalue weighted by Crippen LogP contribution is 2.22. The van der Waals surface area contributed by atoms with Crippen LogP contribution in [0.15, 0.2) is 24.3 Å². The summed E-state index contributed by atoms with van der Waals surface area (Å²) in [5.74, 6) is 1.50. The van der Waals surface area contributed by atoms with Gasteiger partial charge in [0.2, 0.25) is 5.91 Å². The molecule has 1 amide bonds. The zero-order valence-electron chi connectivity index (χ0n) is 13.3. The molecule has 0 radical (unpaired) electrons. The Hall–Kier alpha value is -1.55. The highest BCUT2D eigenvalue weighted by atomic mass is 16.5. The number of rotatable bonds is 5. The molecule has 1 fully saturated rings. The second-order valence-corrected chi connectivity index (χ2v) is 6.02. The molecule has 4 heteroatoms. The van der Waals surface area contributed by atoms with E-state index in [0.717, 1.165) is 31.8 Å². The summed E-state index contributed by atoms with van der Waals surface area (Å²) in [6.45, 7) is 6.80. The van der Waals surface area contributed by atoms with Crippen molar-refractivity contribution in [2.24, 2.45) is 5.92 Å². The van der Waals surface area contributed by atoms with Crippen LogP contribution in [0.5, 0.6) is 5.75 Å². The highest BCUT2D eigenvalue weighted by Gasteiger charge is 2.22. The molecule has 116 valence electrons. The molecule has 4 nitrogen and oxygen atoms in total. The fourth-order valence-corrected chi connectivity index (χ4v) is 2.91. The minimum absolute atomic E-state index is 0.269. The van der Waals surface area contributed by atoms with Crippen LogP contribution in [0.2, 0.25) is 0 Å². The third-order valence-electron chi connectivity index (χ3n) is 4.01. The predicted octanol–water partition coefficient (Wildman–Crippen LogP) is 2.08. The van der Waals surface area contributed by atoms with Crippen molar-refractivity contribution in [2.75, 3.05) is 26.7 Å². The summed E-state index contributed by atoms with van der Waals surface area (Å²) in [7, 11) is 1.69. The number of nitrogens with zero attached hydrogens (tertiary/aromatic N) is 1. The van der Waals surface area contributed by atoms with Crippen LogP contribution in [0, 0.1) is 5.92 Å². The second kappa shape index (κ2) is 7.46. The van der Waals surface area contributed by atoms with Crippen molar-refractivity contribution in [3.63, 3.8) is 0 Å². The molecule has 0 unspecified atom stereocenters. The first-order chi connectivity index (χ1) is 10.1. The summed E-state index contributed by atoms with van der Waals surface area (Å²) in [4.78, 5) is 14.4. The third kappa shape index (κ3) is 4.46. The molecular formula is C17H26N2O2. The molecule has 2 rings (SSSR count). The number of piperazine rings is 1. The minimum Gasteiger partial charge on any atom is -0.496 e. The average molecular weight is 290 g/mol. The summed E-state index contributed by atoms with van der Waals surface area (Å²) in [5.41, 5.74) is 1.17. The van der Waals surface area contributed by atoms with E-state index >= 15 is 0 Å². The van der Waals surface area contributed by atoms with E-state index in [1.54, 1.807) is 7.11 Å². The van der Waals surface area contributed by atoms with E-state index < -0.39 is 0 Å². The van der Waals surface area contributed by atoms with Crippen molar-refractivity contribution in [3.8, 4) is 5.75 Å². The Morgan fingerprint density at radius 3 is 2.95 bits per heavy atom. The number of hydrogen-bond acceptors (Lipinski definition) is 3. The number of para-hydroxylation sites is 1. The van der Waals surface area contributed by atoms with Gasteiger partial charge in [-0.2, -0.15) is 0 Å². The first kappa shape index (κ1) is 15.8. The number of benzene rings is 1. The fourth-order valence-electron chi connectivity index (χ4n) is 2.91. The maximum atomic E-state index is 12.4. The average Bonchev–Trinajstić information content (AvgIpc) is 2.47.